The van der Waals surface area contributed by atoms with Gasteiger partial charge in [-0.3, -0.25) is 0 Å². The van der Waals surface area contributed by atoms with E-state index in [-0.39, 0.29) is 0 Å². The summed E-state index contributed by atoms with van der Waals surface area (Å²) in [7, 11) is 1.72. The lowest BCUT2D eigenvalue weighted by Crippen LogP contribution is -1.84. The molecule has 0 fully saturated rings. The lowest BCUT2D eigenvalue weighted by molar-refractivity contribution is 0.420. The van der Waals surface area contributed by atoms with Gasteiger partial charge in [-0.2, -0.15) is 0 Å². The van der Waals surface area contributed by atoms with E-state index in [1.807, 2.05) is 6.07 Å². The van der Waals surface area contributed by atoms with Crippen LogP contribution in [-0.4, -0.2) is 7.11 Å². The number of aryl methyl sites for hydroxylation is 1. The second kappa shape index (κ2) is 3.46. The fraction of sp³-hybridized carbons (Fsp3) is 0.200. The van der Waals surface area contributed by atoms with E-state index in [9.17, 15) is 0 Å². The summed E-state index contributed by atoms with van der Waals surface area (Å²) in [5.41, 5.74) is 1.32. The second-order valence-corrected chi connectivity index (χ2v) is 4.91. The van der Waals surface area contributed by atoms with Crippen molar-refractivity contribution in [2.45, 2.75) is 6.92 Å². The highest BCUT2D eigenvalue weighted by Crippen LogP contribution is 2.36. The summed E-state index contributed by atoms with van der Waals surface area (Å²) >= 11 is 4.11. The van der Waals surface area contributed by atoms with Crippen molar-refractivity contribution in [3.8, 4) is 5.75 Å². The third-order valence-corrected chi connectivity index (χ3v) is 4.34. The maximum absolute atomic E-state index is 5.30. The molecule has 0 bridgehead atoms. The number of thiophene rings is 1. The number of rotatable bonds is 1. The molecule has 0 atom stereocenters. The SMILES string of the molecule is COc1ccc(C)c2c(I)csc12. The van der Waals surface area contributed by atoms with Crippen LogP contribution in [0.25, 0.3) is 10.1 Å². The van der Waals surface area contributed by atoms with Gasteiger partial charge in [-0.25, -0.2) is 0 Å². The van der Waals surface area contributed by atoms with E-state index in [0.29, 0.717) is 0 Å². The Morgan fingerprint density at radius 1 is 1.38 bits per heavy atom. The lowest BCUT2D eigenvalue weighted by atomic mass is 10.1. The van der Waals surface area contributed by atoms with Crippen LogP contribution in [0, 0.1) is 10.5 Å². The van der Waals surface area contributed by atoms with Gasteiger partial charge in [-0.15, -0.1) is 11.3 Å². The number of fused-ring (bicyclic) bond motifs is 1. The van der Waals surface area contributed by atoms with Crippen LogP contribution < -0.4 is 4.74 Å². The molecule has 0 spiro atoms. The van der Waals surface area contributed by atoms with Crippen molar-refractivity contribution in [2.24, 2.45) is 0 Å². The zero-order chi connectivity index (χ0) is 9.42. The van der Waals surface area contributed by atoms with Gasteiger partial charge in [0.15, 0.2) is 0 Å². The molecule has 0 aliphatic rings. The number of halogens is 1. The molecule has 0 unspecified atom stereocenters. The molecule has 1 nitrogen and oxygen atoms in total. The van der Waals surface area contributed by atoms with Crippen LogP contribution in [0.4, 0.5) is 0 Å². The quantitative estimate of drug-likeness (QED) is 0.728. The Morgan fingerprint density at radius 3 is 2.85 bits per heavy atom. The third kappa shape index (κ3) is 1.44. The highest BCUT2D eigenvalue weighted by atomic mass is 127. The molecule has 0 N–H and O–H groups in total. The lowest BCUT2D eigenvalue weighted by Gasteiger charge is -2.03. The maximum Gasteiger partial charge on any atom is 0.136 e. The van der Waals surface area contributed by atoms with Gasteiger partial charge in [0, 0.05) is 14.3 Å². The maximum atomic E-state index is 5.30. The number of hydrogen-bond acceptors (Lipinski definition) is 2. The van der Waals surface area contributed by atoms with Crippen molar-refractivity contribution < 1.29 is 4.74 Å². The zero-order valence-electron chi connectivity index (χ0n) is 7.43. The van der Waals surface area contributed by atoms with Gasteiger partial charge in [0.1, 0.15) is 5.75 Å². The first-order valence-electron chi connectivity index (χ1n) is 3.94. The first kappa shape index (κ1) is 9.27. The van der Waals surface area contributed by atoms with Gasteiger partial charge in [-0.1, -0.05) is 6.07 Å². The van der Waals surface area contributed by atoms with Gasteiger partial charge in [0.2, 0.25) is 0 Å². The zero-order valence-corrected chi connectivity index (χ0v) is 10.4. The molecular weight excluding hydrogens is 295 g/mol. The molecule has 0 aliphatic carbocycles. The molecule has 3 heteroatoms. The number of ether oxygens (including phenoxy) is 1. The minimum atomic E-state index is 0.980. The number of methoxy groups -OCH3 is 1. The van der Waals surface area contributed by atoms with Crippen molar-refractivity contribution in [3.05, 3.63) is 26.6 Å². The number of hydrogen-bond donors (Lipinski definition) is 0. The van der Waals surface area contributed by atoms with E-state index in [1.165, 1.54) is 19.2 Å². The Hall–Kier alpha value is -0.290. The highest BCUT2D eigenvalue weighted by Gasteiger charge is 2.08. The van der Waals surface area contributed by atoms with Crippen LogP contribution in [0.1, 0.15) is 5.56 Å². The van der Waals surface area contributed by atoms with E-state index < -0.39 is 0 Å². The topological polar surface area (TPSA) is 9.23 Å². The van der Waals surface area contributed by atoms with Crippen molar-refractivity contribution >= 4 is 44.0 Å². The summed E-state index contributed by atoms with van der Waals surface area (Å²) in [5, 5.41) is 3.51. The average Bonchev–Trinajstić information content (AvgIpc) is 2.50. The molecule has 2 rings (SSSR count). The molecule has 1 aromatic carbocycles. The Balaban J connectivity index is 2.87. The van der Waals surface area contributed by atoms with Crippen molar-refractivity contribution in [1.29, 1.82) is 0 Å². The standard InChI is InChI=1S/C10H9IOS/c1-6-3-4-8(12-2)10-9(6)7(11)5-13-10/h3-5H,1-2H3. The summed E-state index contributed by atoms with van der Waals surface area (Å²) in [6.07, 6.45) is 0. The van der Waals surface area contributed by atoms with E-state index in [4.69, 9.17) is 4.74 Å². The Labute approximate surface area is 94.9 Å². The normalized spacial score (nSPS) is 10.7. The molecule has 1 heterocycles. The Morgan fingerprint density at radius 2 is 2.15 bits per heavy atom. The molecule has 2 aromatic rings. The molecule has 0 amide bonds. The predicted octanol–water partition coefficient (Wildman–Crippen LogP) is 3.82. The molecular formula is C10H9IOS. The first-order valence-corrected chi connectivity index (χ1v) is 5.90. The molecule has 0 radical (unpaired) electrons. The molecule has 68 valence electrons. The minimum Gasteiger partial charge on any atom is -0.495 e. The monoisotopic (exact) mass is 304 g/mol. The van der Waals surface area contributed by atoms with Crippen LogP contribution in [0.2, 0.25) is 0 Å². The second-order valence-electron chi connectivity index (χ2n) is 2.87. The van der Waals surface area contributed by atoms with Crippen LogP contribution in [0.15, 0.2) is 17.5 Å². The van der Waals surface area contributed by atoms with Gasteiger partial charge >= 0.3 is 0 Å². The summed E-state index contributed by atoms with van der Waals surface area (Å²) in [4.78, 5) is 0. The summed E-state index contributed by atoms with van der Waals surface area (Å²) in [5.74, 6) is 0.980. The van der Waals surface area contributed by atoms with Gasteiger partial charge in [-0.05, 0) is 41.1 Å². The van der Waals surface area contributed by atoms with Crippen molar-refractivity contribution in [2.75, 3.05) is 7.11 Å². The largest absolute Gasteiger partial charge is 0.495 e. The number of benzene rings is 1. The van der Waals surface area contributed by atoms with E-state index >= 15 is 0 Å². The van der Waals surface area contributed by atoms with Crippen LogP contribution in [-0.2, 0) is 0 Å². The van der Waals surface area contributed by atoms with E-state index in [2.05, 4.69) is 41.0 Å². The van der Waals surface area contributed by atoms with Crippen LogP contribution >= 0.6 is 33.9 Å². The van der Waals surface area contributed by atoms with Gasteiger partial charge in [0.05, 0.1) is 11.8 Å². The van der Waals surface area contributed by atoms with Crippen molar-refractivity contribution in [3.63, 3.8) is 0 Å². The minimum absolute atomic E-state index is 0.980. The average molecular weight is 304 g/mol. The molecule has 0 saturated heterocycles. The Bertz CT molecular complexity index is 447. The molecule has 13 heavy (non-hydrogen) atoms. The molecule has 0 saturated carbocycles. The summed E-state index contributed by atoms with van der Waals surface area (Å²) in [6.45, 7) is 2.14. The summed E-state index contributed by atoms with van der Waals surface area (Å²) in [6, 6.07) is 4.14. The summed E-state index contributed by atoms with van der Waals surface area (Å²) < 4.78 is 7.87. The Kier molecular flexibility index (Phi) is 2.47. The molecule has 0 aliphatic heterocycles. The van der Waals surface area contributed by atoms with E-state index in [1.54, 1.807) is 18.4 Å². The van der Waals surface area contributed by atoms with Crippen LogP contribution in [0.5, 0.6) is 5.75 Å². The fourth-order valence-corrected chi connectivity index (χ4v) is 3.66. The van der Waals surface area contributed by atoms with Crippen LogP contribution in [0.3, 0.4) is 0 Å². The highest BCUT2D eigenvalue weighted by molar-refractivity contribution is 14.1. The molecule has 1 aromatic heterocycles. The first-order chi connectivity index (χ1) is 6.24. The predicted molar refractivity (Wildman–Crippen MR) is 65.8 cm³/mol. The van der Waals surface area contributed by atoms with Gasteiger partial charge in [0.25, 0.3) is 0 Å². The van der Waals surface area contributed by atoms with Crippen molar-refractivity contribution in [1.82, 2.24) is 0 Å². The third-order valence-electron chi connectivity index (χ3n) is 2.07. The van der Waals surface area contributed by atoms with E-state index in [0.717, 1.165) is 5.75 Å². The van der Waals surface area contributed by atoms with Gasteiger partial charge < -0.3 is 4.74 Å². The fourth-order valence-electron chi connectivity index (χ4n) is 1.41. The smallest absolute Gasteiger partial charge is 0.136 e.